The zero-order valence-corrected chi connectivity index (χ0v) is 13.8. The van der Waals surface area contributed by atoms with Gasteiger partial charge in [0.25, 0.3) is 5.91 Å². The molecule has 0 spiro atoms. The number of rotatable bonds is 4. The highest BCUT2D eigenvalue weighted by Crippen LogP contribution is 2.32. The van der Waals surface area contributed by atoms with E-state index in [2.05, 4.69) is 15.2 Å². The number of amides is 1. The number of aryl methyl sites for hydroxylation is 1. The Morgan fingerprint density at radius 2 is 2.17 bits per heavy atom. The lowest BCUT2D eigenvalue weighted by Crippen LogP contribution is -2.27. The van der Waals surface area contributed by atoms with Gasteiger partial charge in [-0.2, -0.15) is 10.1 Å². The summed E-state index contributed by atoms with van der Waals surface area (Å²) in [5.41, 5.74) is 1.33. The molecule has 3 heterocycles. The third-order valence-corrected chi connectivity index (χ3v) is 4.68. The number of carbonyl (C=O) groups is 1. The topological polar surface area (TPSA) is 81.5 Å². The number of hydrogen-bond donors (Lipinski definition) is 0. The van der Waals surface area contributed by atoms with Crippen molar-refractivity contribution in [1.82, 2.24) is 29.2 Å². The molecule has 8 nitrogen and oxygen atoms in total. The summed E-state index contributed by atoms with van der Waals surface area (Å²) in [6.07, 6.45) is 9.93. The first-order chi connectivity index (χ1) is 11.6. The van der Waals surface area contributed by atoms with Crippen molar-refractivity contribution in [2.24, 2.45) is 7.05 Å². The Balaban J connectivity index is 1.50. The van der Waals surface area contributed by atoms with Crippen LogP contribution in [0.25, 0.3) is 5.65 Å². The first-order valence-corrected chi connectivity index (χ1v) is 8.20. The van der Waals surface area contributed by atoms with Gasteiger partial charge in [0.2, 0.25) is 5.89 Å². The minimum Gasteiger partial charge on any atom is -0.339 e. The second-order valence-electron chi connectivity index (χ2n) is 6.43. The SMILES string of the molecule is CN(Cc1noc(C2CCCC2)n1)C(=O)c1cnn2ccn(C)c12. The molecular weight excluding hydrogens is 308 g/mol. The minimum atomic E-state index is -0.112. The van der Waals surface area contributed by atoms with E-state index in [-0.39, 0.29) is 5.91 Å². The molecule has 0 N–H and O–H groups in total. The van der Waals surface area contributed by atoms with E-state index in [0.717, 1.165) is 18.5 Å². The lowest BCUT2D eigenvalue weighted by atomic mass is 10.1. The van der Waals surface area contributed by atoms with Crippen LogP contribution in [-0.4, -0.2) is 42.2 Å². The van der Waals surface area contributed by atoms with E-state index in [1.807, 2.05) is 24.0 Å². The first kappa shape index (κ1) is 14.9. The molecule has 0 aliphatic heterocycles. The maximum Gasteiger partial charge on any atom is 0.259 e. The molecule has 0 bridgehead atoms. The van der Waals surface area contributed by atoms with Crippen molar-refractivity contribution in [2.75, 3.05) is 7.05 Å². The van der Waals surface area contributed by atoms with Crippen molar-refractivity contribution in [3.05, 3.63) is 35.9 Å². The highest BCUT2D eigenvalue weighted by atomic mass is 16.5. The molecule has 126 valence electrons. The van der Waals surface area contributed by atoms with E-state index >= 15 is 0 Å². The standard InChI is InChI=1S/C16H20N6O2/c1-20-7-8-22-15(20)12(9-17-22)16(23)21(2)10-13-18-14(24-19-13)11-5-3-4-6-11/h7-9,11H,3-6,10H2,1-2H3. The summed E-state index contributed by atoms with van der Waals surface area (Å²) >= 11 is 0. The van der Waals surface area contributed by atoms with Gasteiger partial charge in [-0.05, 0) is 12.8 Å². The second kappa shape index (κ2) is 5.77. The number of fused-ring (bicyclic) bond motifs is 1. The molecule has 0 atom stereocenters. The van der Waals surface area contributed by atoms with Gasteiger partial charge < -0.3 is 14.0 Å². The quantitative estimate of drug-likeness (QED) is 0.731. The highest BCUT2D eigenvalue weighted by Gasteiger charge is 2.24. The fraction of sp³-hybridized carbons (Fsp3) is 0.500. The van der Waals surface area contributed by atoms with Crippen LogP contribution in [0.2, 0.25) is 0 Å². The van der Waals surface area contributed by atoms with Gasteiger partial charge in [0.05, 0.1) is 12.7 Å². The molecule has 0 saturated heterocycles. The molecule has 0 unspecified atom stereocenters. The lowest BCUT2D eigenvalue weighted by Gasteiger charge is -2.14. The van der Waals surface area contributed by atoms with E-state index in [9.17, 15) is 4.79 Å². The van der Waals surface area contributed by atoms with E-state index in [4.69, 9.17) is 4.52 Å². The van der Waals surface area contributed by atoms with Crippen LogP contribution in [0, 0.1) is 0 Å². The number of nitrogens with zero attached hydrogens (tertiary/aromatic N) is 6. The van der Waals surface area contributed by atoms with Crippen LogP contribution in [0.4, 0.5) is 0 Å². The van der Waals surface area contributed by atoms with Crippen LogP contribution in [0.1, 0.15) is 53.7 Å². The zero-order valence-electron chi connectivity index (χ0n) is 13.8. The van der Waals surface area contributed by atoms with Crippen LogP contribution >= 0.6 is 0 Å². The van der Waals surface area contributed by atoms with E-state index in [0.29, 0.717) is 29.7 Å². The molecule has 0 radical (unpaired) electrons. The summed E-state index contributed by atoms with van der Waals surface area (Å²) < 4.78 is 8.94. The smallest absolute Gasteiger partial charge is 0.259 e. The molecule has 8 heteroatoms. The fourth-order valence-corrected chi connectivity index (χ4v) is 3.36. The first-order valence-electron chi connectivity index (χ1n) is 8.20. The predicted molar refractivity (Wildman–Crippen MR) is 85.5 cm³/mol. The molecule has 4 rings (SSSR count). The maximum absolute atomic E-state index is 12.7. The van der Waals surface area contributed by atoms with Crippen molar-refractivity contribution in [1.29, 1.82) is 0 Å². The minimum absolute atomic E-state index is 0.112. The molecule has 1 saturated carbocycles. The van der Waals surface area contributed by atoms with Crippen molar-refractivity contribution in [3.8, 4) is 0 Å². The van der Waals surface area contributed by atoms with Crippen LogP contribution in [-0.2, 0) is 13.6 Å². The lowest BCUT2D eigenvalue weighted by molar-refractivity contribution is 0.0782. The van der Waals surface area contributed by atoms with Gasteiger partial charge in [-0.25, -0.2) is 4.52 Å². The molecule has 1 aliphatic carbocycles. The largest absolute Gasteiger partial charge is 0.339 e. The Morgan fingerprint density at radius 1 is 1.38 bits per heavy atom. The van der Waals surface area contributed by atoms with Gasteiger partial charge in [-0.15, -0.1) is 0 Å². The summed E-state index contributed by atoms with van der Waals surface area (Å²) in [7, 11) is 3.63. The number of aromatic nitrogens is 5. The van der Waals surface area contributed by atoms with Gasteiger partial charge >= 0.3 is 0 Å². The molecule has 3 aromatic rings. The maximum atomic E-state index is 12.7. The molecule has 1 aliphatic rings. The fourth-order valence-electron chi connectivity index (χ4n) is 3.36. The highest BCUT2D eigenvalue weighted by molar-refractivity contribution is 5.99. The molecule has 1 amide bonds. The zero-order chi connectivity index (χ0) is 16.7. The summed E-state index contributed by atoms with van der Waals surface area (Å²) in [6.45, 7) is 0.316. The molecule has 3 aromatic heterocycles. The van der Waals surface area contributed by atoms with Gasteiger partial charge in [-0.3, -0.25) is 4.79 Å². The molecule has 1 fully saturated rings. The van der Waals surface area contributed by atoms with Crippen molar-refractivity contribution in [3.63, 3.8) is 0 Å². The average Bonchev–Trinajstić information content (AvgIpc) is 3.33. The van der Waals surface area contributed by atoms with Crippen LogP contribution in [0.5, 0.6) is 0 Å². The Kier molecular flexibility index (Phi) is 3.59. The summed E-state index contributed by atoms with van der Waals surface area (Å²) in [5, 5.41) is 8.23. The van der Waals surface area contributed by atoms with Gasteiger partial charge in [0.1, 0.15) is 11.2 Å². The Morgan fingerprint density at radius 3 is 2.96 bits per heavy atom. The van der Waals surface area contributed by atoms with E-state index < -0.39 is 0 Å². The molecule has 24 heavy (non-hydrogen) atoms. The third-order valence-electron chi connectivity index (χ3n) is 4.68. The van der Waals surface area contributed by atoms with Gasteiger partial charge in [0.15, 0.2) is 5.82 Å². The molecular formula is C16H20N6O2. The Hall–Kier alpha value is -2.64. The third kappa shape index (κ3) is 2.47. The normalized spacial score (nSPS) is 15.4. The van der Waals surface area contributed by atoms with Crippen LogP contribution in [0.15, 0.2) is 23.1 Å². The monoisotopic (exact) mass is 328 g/mol. The summed E-state index contributed by atoms with van der Waals surface area (Å²) in [6, 6.07) is 0. The summed E-state index contributed by atoms with van der Waals surface area (Å²) in [5.74, 6) is 1.52. The van der Waals surface area contributed by atoms with Gasteiger partial charge in [0, 0.05) is 32.4 Å². The Bertz CT molecular complexity index is 870. The molecule has 0 aromatic carbocycles. The predicted octanol–water partition coefficient (Wildman–Crippen LogP) is 1.99. The van der Waals surface area contributed by atoms with E-state index in [1.165, 1.54) is 12.8 Å². The number of imidazole rings is 1. The number of carbonyl (C=O) groups excluding carboxylic acids is 1. The second-order valence-corrected chi connectivity index (χ2v) is 6.43. The Labute approximate surface area is 139 Å². The van der Waals surface area contributed by atoms with Crippen molar-refractivity contribution >= 4 is 11.6 Å². The van der Waals surface area contributed by atoms with E-state index in [1.54, 1.807) is 22.7 Å². The van der Waals surface area contributed by atoms with Crippen LogP contribution in [0.3, 0.4) is 0 Å². The average molecular weight is 328 g/mol. The summed E-state index contributed by atoms with van der Waals surface area (Å²) in [4.78, 5) is 18.8. The number of hydrogen-bond acceptors (Lipinski definition) is 5. The van der Waals surface area contributed by atoms with Crippen molar-refractivity contribution in [2.45, 2.75) is 38.1 Å². The van der Waals surface area contributed by atoms with Crippen molar-refractivity contribution < 1.29 is 9.32 Å². The van der Waals surface area contributed by atoms with Gasteiger partial charge in [-0.1, -0.05) is 18.0 Å². The van der Waals surface area contributed by atoms with Crippen LogP contribution < -0.4 is 0 Å².